The zero-order valence-electron chi connectivity index (χ0n) is 20.3. The van der Waals surface area contributed by atoms with Crippen LogP contribution in [0.5, 0.6) is 23.1 Å². The lowest BCUT2D eigenvalue weighted by Gasteiger charge is -2.11. The van der Waals surface area contributed by atoms with E-state index in [-0.39, 0.29) is 18.9 Å². The molecule has 36 heavy (non-hydrogen) atoms. The molecule has 186 valence electrons. The second kappa shape index (κ2) is 12.3. The summed E-state index contributed by atoms with van der Waals surface area (Å²) in [5.41, 5.74) is 1.57. The summed E-state index contributed by atoms with van der Waals surface area (Å²) in [6.45, 7) is 3.00. The number of aromatic nitrogens is 3. The molecule has 4 rings (SSSR count). The predicted molar refractivity (Wildman–Crippen MR) is 133 cm³/mol. The minimum absolute atomic E-state index is 0.147. The summed E-state index contributed by atoms with van der Waals surface area (Å²) in [6.07, 6.45) is 3.13. The first-order valence-corrected chi connectivity index (χ1v) is 11.7. The zero-order chi connectivity index (χ0) is 25.2. The first-order chi connectivity index (χ1) is 17.6. The van der Waals surface area contributed by atoms with Gasteiger partial charge in [-0.15, -0.1) is 0 Å². The van der Waals surface area contributed by atoms with Gasteiger partial charge >= 0.3 is 0 Å². The van der Waals surface area contributed by atoms with Crippen LogP contribution in [-0.2, 0) is 17.8 Å². The van der Waals surface area contributed by atoms with E-state index in [0.717, 1.165) is 29.0 Å². The highest BCUT2D eigenvalue weighted by molar-refractivity contribution is 5.76. The first-order valence-electron chi connectivity index (χ1n) is 11.7. The van der Waals surface area contributed by atoms with Gasteiger partial charge in [0.25, 0.3) is 0 Å². The maximum atomic E-state index is 12.4. The van der Waals surface area contributed by atoms with Crippen LogP contribution in [0, 0.1) is 0 Å². The number of carbonyl (C=O) groups is 1. The monoisotopic (exact) mass is 488 g/mol. The Morgan fingerprint density at radius 1 is 1.00 bits per heavy atom. The van der Waals surface area contributed by atoms with Gasteiger partial charge in [0.1, 0.15) is 17.2 Å². The van der Waals surface area contributed by atoms with Crippen molar-refractivity contribution in [2.45, 2.75) is 32.7 Å². The third-order valence-electron chi connectivity index (χ3n) is 5.22. The molecule has 0 aliphatic heterocycles. The topological polar surface area (TPSA) is 109 Å². The number of carbonyl (C=O) groups excluding carboxylic acids is 1. The molecule has 0 spiro atoms. The molecule has 0 unspecified atom stereocenters. The summed E-state index contributed by atoms with van der Waals surface area (Å²) < 4.78 is 22.0. The second-order valence-electron chi connectivity index (χ2n) is 7.91. The smallest absolute Gasteiger partial charge is 0.227 e. The van der Waals surface area contributed by atoms with Gasteiger partial charge < -0.3 is 24.1 Å². The van der Waals surface area contributed by atoms with Crippen molar-refractivity contribution in [2.75, 3.05) is 13.7 Å². The number of ether oxygens (including phenoxy) is 3. The van der Waals surface area contributed by atoms with Gasteiger partial charge in [-0.2, -0.15) is 4.98 Å². The Morgan fingerprint density at radius 3 is 2.50 bits per heavy atom. The summed E-state index contributed by atoms with van der Waals surface area (Å²) in [6, 6.07) is 18.4. The van der Waals surface area contributed by atoms with Gasteiger partial charge in [0.05, 0.1) is 13.7 Å². The molecule has 1 amide bonds. The number of amides is 1. The van der Waals surface area contributed by atoms with Gasteiger partial charge in [0, 0.05) is 36.7 Å². The molecule has 0 aliphatic rings. The van der Waals surface area contributed by atoms with Crippen LogP contribution in [0.15, 0.2) is 71.4 Å². The first kappa shape index (κ1) is 24.7. The van der Waals surface area contributed by atoms with E-state index in [1.165, 1.54) is 0 Å². The number of benzene rings is 2. The Bertz CT molecular complexity index is 1260. The number of hydrogen-bond donors (Lipinski definition) is 1. The Hall–Kier alpha value is -4.40. The molecule has 0 radical (unpaired) electrons. The molecular weight excluding hydrogens is 460 g/mol. The van der Waals surface area contributed by atoms with Gasteiger partial charge in [0.2, 0.25) is 23.5 Å². The Balaban J connectivity index is 1.28. The number of nitrogens with one attached hydrogen (secondary N) is 1. The van der Waals surface area contributed by atoms with Gasteiger partial charge in [-0.25, -0.2) is 4.98 Å². The molecule has 0 saturated heterocycles. The van der Waals surface area contributed by atoms with E-state index in [1.54, 1.807) is 19.4 Å². The summed E-state index contributed by atoms with van der Waals surface area (Å²) >= 11 is 0. The van der Waals surface area contributed by atoms with Crippen LogP contribution < -0.4 is 19.5 Å². The molecular formula is C27H28N4O5. The molecule has 4 aromatic rings. The summed E-state index contributed by atoms with van der Waals surface area (Å²) in [5.74, 6) is 3.32. The van der Waals surface area contributed by atoms with Gasteiger partial charge in [-0.1, -0.05) is 18.1 Å². The number of methoxy groups -OCH3 is 1. The van der Waals surface area contributed by atoms with Gasteiger partial charge in [0.15, 0.2) is 0 Å². The number of rotatable bonds is 12. The second-order valence-corrected chi connectivity index (χ2v) is 7.91. The zero-order valence-corrected chi connectivity index (χ0v) is 20.3. The third kappa shape index (κ3) is 6.82. The molecule has 9 heteroatoms. The van der Waals surface area contributed by atoms with E-state index < -0.39 is 0 Å². The standard InChI is InChI=1S/C27H28N4O5/c1-3-17-34-22-10-12-23(13-11-22)35-27-20(5-4-16-28-27)18-29-24(32)14-15-25-30-26(31-36-25)19-6-8-21(33-2)9-7-19/h4-13,16H,3,14-15,17-18H2,1-2H3,(H,29,32). The van der Waals surface area contributed by atoms with Crippen molar-refractivity contribution in [1.82, 2.24) is 20.4 Å². The summed E-state index contributed by atoms with van der Waals surface area (Å²) in [4.78, 5) is 21.1. The van der Waals surface area contributed by atoms with Crippen LogP contribution in [0.1, 0.15) is 31.2 Å². The number of nitrogens with zero attached hydrogens (tertiary/aromatic N) is 3. The fourth-order valence-corrected chi connectivity index (χ4v) is 3.30. The molecule has 1 N–H and O–H groups in total. The Kier molecular flexibility index (Phi) is 8.48. The molecule has 0 aliphatic carbocycles. The Labute approximate surface area is 209 Å². The van der Waals surface area contributed by atoms with Gasteiger partial charge in [-0.3, -0.25) is 4.79 Å². The summed E-state index contributed by atoms with van der Waals surface area (Å²) in [7, 11) is 1.61. The predicted octanol–water partition coefficient (Wildman–Crippen LogP) is 4.97. The third-order valence-corrected chi connectivity index (χ3v) is 5.22. The van der Waals surface area contributed by atoms with E-state index in [2.05, 4.69) is 27.4 Å². The van der Waals surface area contributed by atoms with Crippen LogP contribution in [0.4, 0.5) is 0 Å². The highest BCUT2D eigenvalue weighted by Crippen LogP contribution is 2.25. The average molecular weight is 489 g/mol. The van der Waals surface area contributed by atoms with E-state index in [0.29, 0.717) is 36.4 Å². The normalized spacial score (nSPS) is 10.6. The van der Waals surface area contributed by atoms with E-state index in [1.807, 2.05) is 54.6 Å². The van der Waals surface area contributed by atoms with Gasteiger partial charge in [-0.05, 0) is 61.0 Å². The molecule has 2 aromatic carbocycles. The fraction of sp³-hybridized carbons (Fsp3) is 0.259. The largest absolute Gasteiger partial charge is 0.497 e. The highest BCUT2D eigenvalue weighted by atomic mass is 16.5. The van der Waals surface area contributed by atoms with Crippen molar-refractivity contribution >= 4 is 5.91 Å². The number of pyridine rings is 1. The lowest BCUT2D eigenvalue weighted by atomic mass is 10.2. The molecule has 0 atom stereocenters. The average Bonchev–Trinajstić information content (AvgIpc) is 3.40. The SMILES string of the molecule is CCCOc1ccc(Oc2ncccc2CNC(=O)CCc2nc(-c3ccc(OC)cc3)no2)cc1. The van der Waals surface area contributed by atoms with Crippen molar-refractivity contribution < 1.29 is 23.5 Å². The molecule has 0 fully saturated rings. The fourth-order valence-electron chi connectivity index (χ4n) is 3.30. The van der Waals surface area contributed by atoms with E-state index in [9.17, 15) is 4.79 Å². The minimum atomic E-state index is -0.147. The quantitative estimate of drug-likeness (QED) is 0.298. The molecule has 0 bridgehead atoms. The molecule has 0 saturated carbocycles. The number of hydrogen-bond acceptors (Lipinski definition) is 8. The maximum Gasteiger partial charge on any atom is 0.227 e. The number of aryl methyl sites for hydroxylation is 1. The Morgan fingerprint density at radius 2 is 1.75 bits per heavy atom. The molecule has 2 heterocycles. The van der Waals surface area contributed by atoms with E-state index >= 15 is 0 Å². The van der Waals surface area contributed by atoms with Crippen LogP contribution in [0.2, 0.25) is 0 Å². The van der Waals surface area contributed by atoms with Crippen molar-refractivity contribution in [3.05, 3.63) is 78.3 Å². The van der Waals surface area contributed by atoms with E-state index in [4.69, 9.17) is 18.7 Å². The summed E-state index contributed by atoms with van der Waals surface area (Å²) in [5, 5.41) is 6.89. The van der Waals surface area contributed by atoms with Crippen LogP contribution in [0.25, 0.3) is 11.4 Å². The van der Waals surface area contributed by atoms with Crippen LogP contribution in [-0.4, -0.2) is 34.7 Å². The molecule has 2 aromatic heterocycles. The molecule has 9 nitrogen and oxygen atoms in total. The van der Waals surface area contributed by atoms with Crippen molar-refractivity contribution in [2.24, 2.45) is 0 Å². The lowest BCUT2D eigenvalue weighted by molar-refractivity contribution is -0.121. The van der Waals surface area contributed by atoms with Crippen molar-refractivity contribution in [3.8, 4) is 34.5 Å². The highest BCUT2D eigenvalue weighted by Gasteiger charge is 2.12. The van der Waals surface area contributed by atoms with Crippen molar-refractivity contribution in [3.63, 3.8) is 0 Å². The van der Waals surface area contributed by atoms with Crippen LogP contribution in [0.3, 0.4) is 0 Å². The lowest BCUT2D eigenvalue weighted by Crippen LogP contribution is -2.23. The minimum Gasteiger partial charge on any atom is -0.497 e. The van der Waals surface area contributed by atoms with Crippen molar-refractivity contribution in [1.29, 1.82) is 0 Å². The maximum absolute atomic E-state index is 12.4. The van der Waals surface area contributed by atoms with Crippen LogP contribution >= 0.6 is 0 Å².